The largest absolute Gasteiger partial charge is 0.372 e. The number of hydrogen-bond donors (Lipinski definition) is 1. The molecule has 1 amide bonds. The van der Waals surface area contributed by atoms with Crippen LogP contribution in [-0.2, 0) is 6.54 Å². The van der Waals surface area contributed by atoms with E-state index in [0.29, 0.717) is 17.9 Å². The lowest BCUT2D eigenvalue weighted by Gasteiger charge is -2.17. The number of rotatable bonds is 4. The van der Waals surface area contributed by atoms with Gasteiger partial charge in [0, 0.05) is 30.1 Å². The highest BCUT2D eigenvalue weighted by Crippen LogP contribution is 2.19. The van der Waals surface area contributed by atoms with E-state index in [4.69, 9.17) is 0 Å². The summed E-state index contributed by atoms with van der Waals surface area (Å²) in [6.07, 6.45) is 1.66. The van der Waals surface area contributed by atoms with E-state index in [0.717, 1.165) is 10.2 Å². The summed E-state index contributed by atoms with van der Waals surface area (Å²) in [6, 6.07) is 1.76. The monoisotopic (exact) mass is 340 g/mol. The molecule has 0 saturated carbocycles. The Morgan fingerprint density at radius 3 is 2.95 bits per heavy atom. The predicted octanol–water partition coefficient (Wildman–Crippen LogP) is 2.61. The van der Waals surface area contributed by atoms with Crippen molar-refractivity contribution in [3.8, 4) is 0 Å². The van der Waals surface area contributed by atoms with Crippen LogP contribution in [0, 0.1) is 0 Å². The highest BCUT2D eigenvalue weighted by atomic mass is 79.9. The minimum Gasteiger partial charge on any atom is -0.372 e. The molecule has 2 aromatic rings. The number of aromatic nitrogens is 2. The van der Waals surface area contributed by atoms with Crippen molar-refractivity contribution in [3.63, 3.8) is 0 Å². The third kappa shape index (κ3) is 3.30. The van der Waals surface area contributed by atoms with Gasteiger partial charge in [-0.3, -0.25) is 4.79 Å². The molecule has 2 heterocycles. The Morgan fingerprint density at radius 1 is 1.53 bits per heavy atom. The van der Waals surface area contributed by atoms with Crippen molar-refractivity contribution in [2.75, 3.05) is 19.4 Å². The van der Waals surface area contributed by atoms with Gasteiger partial charge in [-0.15, -0.1) is 11.3 Å². The highest BCUT2D eigenvalue weighted by Gasteiger charge is 2.17. The summed E-state index contributed by atoms with van der Waals surface area (Å²) in [6.45, 7) is 0.484. The first kappa shape index (κ1) is 14.0. The van der Waals surface area contributed by atoms with Gasteiger partial charge in [0.2, 0.25) is 0 Å². The summed E-state index contributed by atoms with van der Waals surface area (Å²) in [5.74, 6) is 0.476. The number of nitrogens with zero attached hydrogens (tertiary/aromatic N) is 3. The van der Waals surface area contributed by atoms with Gasteiger partial charge >= 0.3 is 0 Å². The second-order valence-electron chi connectivity index (χ2n) is 3.94. The van der Waals surface area contributed by atoms with Crippen LogP contribution in [0.1, 0.15) is 16.1 Å². The summed E-state index contributed by atoms with van der Waals surface area (Å²) >= 11 is 4.85. The molecule has 0 unspecified atom stereocenters. The summed E-state index contributed by atoms with van der Waals surface area (Å²) < 4.78 is 0.775. The standard InChI is InChI=1S/C12H13BrN4OS/c1-14-11-10(3-8(13)4-15-11)12(18)17(2)5-9-6-19-7-16-9/h3-4,6-7H,5H2,1-2H3,(H,14,15). The van der Waals surface area contributed by atoms with Crippen LogP contribution in [0.15, 0.2) is 27.6 Å². The Hall–Kier alpha value is -1.47. The summed E-state index contributed by atoms with van der Waals surface area (Å²) in [7, 11) is 3.50. The molecule has 0 saturated heterocycles. The zero-order chi connectivity index (χ0) is 13.8. The molecule has 1 N–H and O–H groups in total. The fourth-order valence-electron chi connectivity index (χ4n) is 1.64. The highest BCUT2D eigenvalue weighted by molar-refractivity contribution is 9.10. The van der Waals surface area contributed by atoms with Crippen LogP contribution in [0.5, 0.6) is 0 Å². The number of carbonyl (C=O) groups is 1. The van der Waals surface area contributed by atoms with Crippen molar-refractivity contribution in [2.45, 2.75) is 6.54 Å². The molecule has 0 atom stereocenters. The first-order chi connectivity index (χ1) is 9.11. The van der Waals surface area contributed by atoms with Crippen LogP contribution in [0.2, 0.25) is 0 Å². The van der Waals surface area contributed by atoms with E-state index in [1.54, 1.807) is 36.8 Å². The first-order valence-electron chi connectivity index (χ1n) is 5.57. The van der Waals surface area contributed by atoms with E-state index < -0.39 is 0 Å². The van der Waals surface area contributed by atoms with Gasteiger partial charge in [-0.2, -0.15) is 0 Å². The van der Waals surface area contributed by atoms with Gasteiger partial charge in [0.25, 0.3) is 5.91 Å². The molecule has 7 heteroatoms. The average Bonchev–Trinajstić information content (AvgIpc) is 2.90. The average molecular weight is 341 g/mol. The number of carbonyl (C=O) groups excluding carboxylic acids is 1. The molecule has 0 radical (unpaired) electrons. The normalized spacial score (nSPS) is 10.3. The van der Waals surface area contributed by atoms with Crippen LogP contribution in [0.25, 0.3) is 0 Å². The van der Waals surface area contributed by atoms with Crippen LogP contribution in [-0.4, -0.2) is 34.9 Å². The lowest BCUT2D eigenvalue weighted by atomic mass is 10.2. The number of pyridine rings is 1. The van der Waals surface area contributed by atoms with E-state index in [9.17, 15) is 4.79 Å². The molecule has 0 aromatic carbocycles. The summed E-state index contributed by atoms with van der Waals surface area (Å²) in [4.78, 5) is 22.4. The third-order valence-electron chi connectivity index (χ3n) is 2.55. The maximum absolute atomic E-state index is 12.4. The van der Waals surface area contributed by atoms with Gasteiger partial charge in [0.05, 0.1) is 23.3 Å². The quantitative estimate of drug-likeness (QED) is 0.929. The Labute approximate surface area is 123 Å². The van der Waals surface area contributed by atoms with Crippen LogP contribution in [0.4, 0.5) is 5.82 Å². The van der Waals surface area contributed by atoms with Gasteiger partial charge in [-0.05, 0) is 22.0 Å². The van der Waals surface area contributed by atoms with Crippen molar-refractivity contribution in [1.82, 2.24) is 14.9 Å². The lowest BCUT2D eigenvalue weighted by Crippen LogP contribution is -2.27. The van der Waals surface area contributed by atoms with Crippen LogP contribution in [0.3, 0.4) is 0 Å². The SMILES string of the molecule is CNc1ncc(Br)cc1C(=O)N(C)Cc1cscn1. The zero-order valence-electron chi connectivity index (χ0n) is 10.6. The molecule has 19 heavy (non-hydrogen) atoms. The fraction of sp³-hybridized carbons (Fsp3) is 0.250. The van der Waals surface area contributed by atoms with E-state index in [1.165, 1.54) is 11.3 Å². The fourth-order valence-corrected chi connectivity index (χ4v) is 2.52. The molecule has 0 spiro atoms. The second kappa shape index (κ2) is 6.12. The number of nitrogens with one attached hydrogen (secondary N) is 1. The summed E-state index contributed by atoms with van der Waals surface area (Å²) in [5, 5.41) is 4.86. The van der Waals surface area contributed by atoms with Crippen molar-refractivity contribution in [1.29, 1.82) is 0 Å². The molecule has 0 bridgehead atoms. The molecule has 2 aromatic heterocycles. The van der Waals surface area contributed by atoms with Crippen molar-refractivity contribution in [2.24, 2.45) is 0 Å². The Bertz CT molecular complexity index is 573. The lowest BCUT2D eigenvalue weighted by molar-refractivity contribution is 0.0784. The molecule has 0 fully saturated rings. The Kier molecular flexibility index (Phi) is 4.49. The molecule has 0 aliphatic heterocycles. The van der Waals surface area contributed by atoms with Crippen molar-refractivity contribution < 1.29 is 4.79 Å². The van der Waals surface area contributed by atoms with Crippen LogP contribution >= 0.6 is 27.3 Å². The Balaban J connectivity index is 2.21. The summed E-state index contributed by atoms with van der Waals surface area (Å²) in [5.41, 5.74) is 3.18. The van der Waals surface area contributed by atoms with Gasteiger partial charge in [-0.25, -0.2) is 9.97 Å². The van der Waals surface area contributed by atoms with Gasteiger partial charge < -0.3 is 10.2 Å². The predicted molar refractivity (Wildman–Crippen MR) is 79.4 cm³/mol. The molecular formula is C12H13BrN4OS. The first-order valence-corrected chi connectivity index (χ1v) is 7.31. The smallest absolute Gasteiger partial charge is 0.257 e. The molecule has 100 valence electrons. The van der Waals surface area contributed by atoms with E-state index in [2.05, 4.69) is 31.2 Å². The molecular weight excluding hydrogens is 328 g/mol. The minimum atomic E-state index is -0.0915. The van der Waals surface area contributed by atoms with Crippen molar-refractivity contribution in [3.05, 3.63) is 38.9 Å². The number of halogens is 1. The third-order valence-corrected chi connectivity index (χ3v) is 3.62. The number of amides is 1. The van der Waals surface area contributed by atoms with E-state index in [-0.39, 0.29) is 5.91 Å². The van der Waals surface area contributed by atoms with Crippen LogP contribution < -0.4 is 5.32 Å². The minimum absolute atomic E-state index is 0.0915. The van der Waals surface area contributed by atoms with E-state index in [1.807, 2.05) is 5.38 Å². The maximum atomic E-state index is 12.4. The number of thiazole rings is 1. The van der Waals surface area contributed by atoms with Crippen molar-refractivity contribution >= 4 is 39.0 Å². The maximum Gasteiger partial charge on any atom is 0.257 e. The number of hydrogen-bond acceptors (Lipinski definition) is 5. The Morgan fingerprint density at radius 2 is 2.32 bits per heavy atom. The molecule has 5 nitrogen and oxygen atoms in total. The zero-order valence-corrected chi connectivity index (χ0v) is 13.0. The number of anilines is 1. The molecule has 0 aliphatic rings. The van der Waals surface area contributed by atoms with E-state index >= 15 is 0 Å². The second-order valence-corrected chi connectivity index (χ2v) is 5.58. The van der Waals surface area contributed by atoms with Gasteiger partial charge in [-0.1, -0.05) is 0 Å². The molecule has 0 aliphatic carbocycles. The van der Waals surface area contributed by atoms with Gasteiger partial charge in [0.1, 0.15) is 5.82 Å². The van der Waals surface area contributed by atoms with Gasteiger partial charge in [0.15, 0.2) is 0 Å². The molecule has 2 rings (SSSR count). The topological polar surface area (TPSA) is 58.1 Å².